The first-order chi connectivity index (χ1) is 21.6. The van der Waals surface area contributed by atoms with Gasteiger partial charge in [0.15, 0.2) is 5.82 Å². The van der Waals surface area contributed by atoms with E-state index in [2.05, 4.69) is 30.2 Å². The number of halogens is 2. The van der Waals surface area contributed by atoms with Gasteiger partial charge in [-0.3, -0.25) is 9.88 Å². The Labute approximate surface area is 252 Å². The molecular formula is C34H31F2N7O. The lowest BCUT2D eigenvalue weighted by Crippen LogP contribution is -2.43. The number of rotatable bonds is 8. The zero-order valence-electron chi connectivity index (χ0n) is 24.1. The van der Waals surface area contributed by atoms with Gasteiger partial charge < -0.3 is 15.0 Å². The molecule has 0 saturated carbocycles. The summed E-state index contributed by atoms with van der Waals surface area (Å²) in [7, 11) is 0. The fourth-order valence-corrected chi connectivity index (χ4v) is 7.11. The third kappa shape index (κ3) is 4.52. The number of ether oxygens (including phenoxy) is 1. The van der Waals surface area contributed by atoms with Crippen LogP contribution in [0.4, 0.5) is 14.6 Å². The van der Waals surface area contributed by atoms with Crippen molar-refractivity contribution in [3.8, 4) is 17.3 Å². The zero-order chi connectivity index (χ0) is 29.7. The van der Waals surface area contributed by atoms with Gasteiger partial charge in [-0.1, -0.05) is 30.3 Å². The van der Waals surface area contributed by atoms with Gasteiger partial charge in [0.2, 0.25) is 0 Å². The van der Waals surface area contributed by atoms with Crippen LogP contribution in [0, 0.1) is 11.6 Å². The normalized spacial score (nSPS) is 16.2. The van der Waals surface area contributed by atoms with Gasteiger partial charge in [0.25, 0.3) is 0 Å². The Morgan fingerprint density at radius 1 is 0.955 bits per heavy atom. The topological polar surface area (TPSA) is 91.9 Å². The van der Waals surface area contributed by atoms with E-state index in [0.717, 1.165) is 55.4 Å². The van der Waals surface area contributed by atoms with E-state index in [4.69, 9.17) is 9.72 Å². The van der Waals surface area contributed by atoms with Crippen molar-refractivity contribution in [2.45, 2.75) is 37.6 Å². The van der Waals surface area contributed by atoms with E-state index in [1.807, 2.05) is 18.3 Å². The molecule has 2 saturated heterocycles. The van der Waals surface area contributed by atoms with Gasteiger partial charge >= 0.3 is 6.01 Å². The van der Waals surface area contributed by atoms with Crippen molar-refractivity contribution in [1.82, 2.24) is 29.8 Å². The first-order valence-corrected chi connectivity index (χ1v) is 15.2. The SMILES string of the molecule is Fc1c(-c2cccc3cccc(F)c23)ncc2c(NCCc3c[nH]c4ncccc34)nc(OCC34CCCN3CCC4)nc12. The molecule has 2 aromatic carbocycles. The first kappa shape index (κ1) is 26.9. The second kappa shape index (κ2) is 10.8. The Balaban J connectivity index is 1.17. The summed E-state index contributed by atoms with van der Waals surface area (Å²) in [5, 5.41) is 5.86. The molecule has 2 aliphatic heterocycles. The standard InChI is InChI=1S/C34H31F2N7O/c35-26-10-2-7-21-6-1-8-24(27(21)26)29-28(36)30-25(19-39-29)32(38-15-11-22-18-40-31-23(22)9-3-14-37-31)42-33(41-30)44-20-34-12-4-16-43(34)17-5-13-34/h1-3,6-10,14,18-19H,4-5,11-13,15-17,20H2,(H,37,40)(H,38,41,42). The fraction of sp³-hybridized carbons (Fsp3) is 0.294. The molecule has 0 bridgehead atoms. The van der Waals surface area contributed by atoms with Crippen molar-refractivity contribution in [3.05, 3.63) is 84.3 Å². The molecule has 2 aliphatic rings. The van der Waals surface area contributed by atoms with Gasteiger partial charge in [0, 0.05) is 41.5 Å². The Hall–Kier alpha value is -4.70. The summed E-state index contributed by atoms with van der Waals surface area (Å²) in [5.41, 5.74) is 2.42. The average molecular weight is 592 g/mol. The van der Waals surface area contributed by atoms with Crippen molar-refractivity contribution in [2.24, 2.45) is 0 Å². The van der Waals surface area contributed by atoms with E-state index in [1.54, 1.807) is 42.7 Å². The highest BCUT2D eigenvalue weighted by Crippen LogP contribution is 2.40. The van der Waals surface area contributed by atoms with Crippen LogP contribution in [0.2, 0.25) is 0 Å². The third-order valence-corrected chi connectivity index (χ3v) is 9.28. The molecule has 6 heterocycles. The molecule has 0 radical (unpaired) electrons. The number of aromatic amines is 1. The smallest absolute Gasteiger partial charge is 0.319 e. The Morgan fingerprint density at radius 2 is 1.80 bits per heavy atom. The lowest BCUT2D eigenvalue weighted by atomic mass is 9.95. The Kier molecular flexibility index (Phi) is 6.59. The highest BCUT2D eigenvalue weighted by molar-refractivity contribution is 5.99. The van der Waals surface area contributed by atoms with Crippen LogP contribution < -0.4 is 10.1 Å². The van der Waals surface area contributed by atoms with Gasteiger partial charge in [0.1, 0.15) is 35.1 Å². The van der Waals surface area contributed by atoms with Crippen LogP contribution in [0.25, 0.3) is 44.0 Å². The monoisotopic (exact) mass is 591 g/mol. The van der Waals surface area contributed by atoms with Crippen LogP contribution in [-0.2, 0) is 6.42 Å². The maximum absolute atomic E-state index is 16.5. The van der Waals surface area contributed by atoms with E-state index >= 15 is 4.39 Å². The van der Waals surface area contributed by atoms with Gasteiger partial charge in [-0.25, -0.2) is 13.8 Å². The number of anilines is 1. The number of pyridine rings is 2. The summed E-state index contributed by atoms with van der Waals surface area (Å²) < 4.78 is 37.7. The summed E-state index contributed by atoms with van der Waals surface area (Å²) in [5.74, 6) is -0.632. The van der Waals surface area contributed by atoms with Crippen molar-refractivity contribution in [2.75, 3.05) is 31.6 Å². The maximum atomic E-state index is 16.5. The molecule has 10 heteroatoms. The van der Waals surface area contributed by atoms with E-state index in [9.17, 15) is 4.39 Å². The molecule has 8 rings (SSSR count). The molecule has 0 aliphatic carbocycles. The van der Waals surface area contributed by atoms with Crippen LogP contribution in [-0.4, -0.2) is 61.6 Å². The van der Waals surface area contributed by atoms with Crippen LogP contribution in [0.3, 0.4) is 0 Å². The number of fused-ring (bicyclic) bond motifs is 4. The molecule has 44 heavy (non-hydrogen) atoms. The molecule has 0 spiro atoms. The molecule has 2 N–H and O–H groups in total. The summed E-state index contributed by atoms with van der Waals surface area (Å²) in [6, 6.07) is 14.1. The molecule has 8 nitrogen and oxygen atoms in total. The van der Waals surface area contributed by atoms with Crippen LogP contribution in [0.5, 0.6) is 6.01 Å². The zero-order valence-corrected chi connectivity index (χ0v) is 24.1. The number of hydrogen-bond acceptors (Lipinski definition) is 7. The van der Waals surface area contributed by atoms with Crippen LogP contribution in [0.15, 0.2) is 67.1 Å². The number of aromatic nitrogens is 5. The number of H-pyrrole nitrogens is 1. The van der Waals surface area contributed by atoms with Gasteiger partial charge in [-0.05, 0) is 74.3 Å². The summed E-state index contributed by atoms with van der Waals surface area (Å²) in [6.07, 6.45) is 10.4. The lowest BCUT2D eigenvalue weighted by molar-refractivity contribution is 0.108. The number of nitrogens with zero attached hydrogens (tertiary/aromatic N) is 5. The summed E-state index contributed by atoms with van der Waals surface area (Å²) in [6.45, 7) is 3.13. The molecule has 0 unspecified atom stereocenters. The van der Waals surface area contributed by atoms with Gasteiger partial charge in [-0.2, -0.15) is 9.97 Å². The van der Waals surface area contributed by atoms with E-state index in [-0.39, 0.29) is 22.8 Å². The molecule has 6 aromatic rings. The second-order valence-corrected chi connectivity index (χ2v) is 11.8. The quantitative estimate of drug-likeness (QED) is 0.205. The third-order valence-electron chi connectivity index (χ3n) is 9.28. The number of hydrogen-bond donors (Lipinski definition) is 2. The molecule has 2 fully saturated rings. The maximum Gasteiger partial charge on any atom is 0.319 e. The molecule has 222 valence electrons. The van der Waals surface area contributed by atoms with Gasteiger partial charge in [-0.15, -0.1) is 0 Å². The highest BCUT2D eigenvalue weighted by Gasteiger charge is 2.45. The average Bonchev–Trinajstić information content (AvgIpc) is 3.75. The predicted molar refractivity (Wildman–Crippen MR) is 167 cm³/mol. The highest BCUT2D eigenvalue weighted by atomic mass is 19.1. The molecule has 0 amide bonds. The van der Waals surface area contributed by atoms with E-state index < -0.39 is 11.6 Å². The number of benzene rings is 2. The van der Waals surface area contributed by atoms with Crippen molar-refractivity contribution < 1.29 is 13.5 Å². The van der Waals surface area contributed by atoms with Crippen LogP contribution >= 0.6 is 0 Å². The second-order valence-electron chi connectivity index (χ2n) is 11.8. The minimum atomic E-state index is -0.641. The summed E-state index contributed by atoms with van der Waals surface area (Å²) >= 11 is 0. The Morgan fingerprint density at radius 3 is 2.66 bits per heavy atom. The van der Waals surface area contributed by atoms with Crippen molar-refractivity contribution >= 4 is 38.5 Å². The summed E-state index contributed by atoms with van der Waals surface area (Å²) in [4.78, 5) is 23.9. The van der Waals surface area contributed by atoms with E-state index in [1.165, 1.54) is 6.07 Å². The largest absolute Gasteiger partial charge is 0.461 e. The molecule has 0 atom stereocenters. The predicted octanol–water partition coefficient (Wildman–Crippen LogP) is 6.66. The van der Waals surface area contributed by atoms with Crippen molar-refractivity contribution in [3.63, 3.8) is 0 Å². The number of nitrogens with one attached hydrogen (secondary N) is 2. The minimum absolute atomic E-state index is 0.0162. The Bertz CT molecular complexity index is 2010. The molecular weight excluding hydrogens is 560 g/mol. The van der Waals surface area contributed by atoms with Gasteiger partial charge in [0.05, 0.1) is 10.9 Å². The van der Waals surface area contributed by atoms with E-state index in [0.29, 0.717) is 47.1 Å². The minimum Gasteiger partial charge on any atom is -0.461 e. The van der Waals surface area contributed by atoms with Crippen LogP contribution in [0.1, 0.15) is 31.2 Å². The fourth-order valence-electron chi connectivity index (χ4n) is 7.11. The van der Waals surface area contributed by atoms with Crippen molar-refractivity contribution in [1.29, 1.82) is 0 Å². The lowest BCUT2D eigenvalue weighted by Gasteiger charge is -2.31. The molecule has 4 aromatic heterocycles. The first-order valence-electron chi connectivity index (χ1n) is 15.2.